The Morgan fingerprint density at radius 1 is 1.38 bits per heavy atom. The molecule has 1 rings (SSSR count). The first-order valence-corrected chi connectivity index (χ1v) is 5.48. The van der Waals surface area contributed by atoms with Crippen LogP contribution in [-0.2, 0) is 14.4 Å². The number of carbonyl (C=O) groups is 1. The van der Waals surface area contributed by atoms with Crippen molar-refractivity contribution < 1.29 is 19.2 Å². The zero-order valence-corrected chi connectivity index (χ0v) is 9.45. The summed E-state index contributed by atoms with van der Waals surface area (Å²) < 4.78 is 4.35. The minimum absolute atomic E-state index is 0.0518. The first-order valence-electron chi connectivity index (χ1n) is 4.33. The summed E-state index contributed by atoms with van der Waals surface area (Å²) in [4.78, 5) is 16.0. The molecule has 0 bridgehead atoms. The molecule has 0 fully saturated rings. The molecule has 86 valence electrons. The van der Waals surface area contributed by atoms with Crippen LogP contribution in [0.25, 0.3) is 0 Å². The lowest BCUT2D eigenvalue weighted by molar-refractivity contribution is -0.481. The van der Waals surface area contributed by atoms with Crippen molar-refractivity contribution in [3.63, 3.8) is 0 Å². The van der Waals surface area contributed by atoms with Crippen molar-refractivity contribution in [2.45, 2.75) is 0 Å². The van der Waals surface area contributed by atoms with Crippen LogP contribution in [-0.4, -0.2) is 12.0 Å². The molecule has 1 aromatic carbocycles. The fraction of sp³-hybridized carbons (Fsp3) is 0.100. The summed E-state index contributed by atoms with van der Waals surface area (Å²) >= 11 is 0.956. The quantitative estimate of drug-likeness (QED) is 0.197. The van der Waals surface area contributed by atoms with Gasteiger partial charge in [0.2, 0.25) is 5.78 Å². The zero-order chi connectivity index (χ0) is 11.8. The van der Waals surface area contributed by atoms with Crippen LogP contribution >= 0.6 is 12.0 Å². The topological polar surface area (TPSA) is 56.8 Å². The average molecular weight is 241 g/mol. The van der Waals surface area contributed by atoms with E-state index in [4.69, 9.17) is 0 Å². The SMILES string of the molecule is C=C(NOOOSC)C(=O)c1ccccc1. The Bertz CT molecular complexity index is 355. The van der Waals surface area contributed by atoms with E-state index in [0.29, 0.717) is 5.56 Å². The number of hydrogen-bond acceptors (Lipinski definition) is 6. The molecule has 0 heterocycles. The van der Waals surface area contributed by atoms with E-state index in [-0.39, 0.29) is 11.5 Å². The molecular weight excluding hydrogens is 230 g/mol. The van der Waals surface area contributed by atoms with Crippen LogP contribution in [0.15, 0.2) is 42.6 Å². The molecule has 0 atom stereocenters. The summed E-state index contributed by atoms with van der Waals surface area (Å²) in [5.74, 6) is -0.284. The first kappa shape index (κ1) is 12.7. The van der Waals surface area contributed by atoms with E-state index in [9.17, 15) is 4.79 Å². The average Bonchev–Trinajstić information content (AvgIpc) is 2.34. The van der Waals surface area contributed by atoms with Gasteiger partial charge in [0.25, 0.3) is 0 Å². The van der Waals surface area contributed by atoms with Gasteiger partial charge < -0.3 is 0 Å². The molecule has 6 heteroatoms. The van der Waals surface area contributed by atoms with Crippen molar-refractivity contribution >= 4 is 17.8 Å². The number of carbonyl (C=O) groups excluding carboxylic acids is 1. The third-order valence-corrected chi connectivity index (χ3v) is 1.80. The molecule has 0 amide bonds. The highest BCUT2D eigenvalue weighted by Crippen LogP contribution is 2.04. The lowest BCUT2D eigenvalue weighted by atomic mass is 10.1. The normalized spacial score (nSPS) is 9.81. The summed E-state index contributed by atoms with van der Waals surface area (Å²) in [5, 5.41) is 4.18. The lowest BCUT2D eigenvalue weighted by Crippen LogP contribution is -2.20. The Morgan fingerprint density at radius 3 is 2.69 bits per heavy atom. The van der Waals surface area contributed by atoms with E-state index >= 15 is 0 Å². The standard InChI is InChI=1S/C10H11NO4S/c1-8(11-13-14-15-16-2)10(12)9-6-4-3-5-7-9/h3-7,11H,1H2,2H3. The summed E-state index contributed by atoms with van der Waals surface area (Å²) in [6.07, 6.45) is 1.65. The number of allylic oxidation sites excluding steroid dienone is 1. The van der Waals surface area contributed by atoms with Gasteiger partial charge in [-0.25, -0.2) is 5.48 Å². The van der Waals surface area contributed by atoms with Gasteiger partial charge in [-0.15, -0.1) is 4.33 Å². The Morgan fingerprint density at radius 2 is 2.06 bits per heavy atom. The molecule has 0 saturated carbocycles. The van der Waals surface area contributed by atoms with Crippen molar-refractivity contribution in [2.24, 2.45) is 0 Å². The number of nitrogens with one attached hydrogen (secondary N) is 1. The minimum atomic E-state index is -0.284. The molecule has 1 aromatic rings. The fourth-order valence-electron chi connectivity index (χ4n) is 0.919. The molecule has 0 aliphatic carbocycles. The van der Waals surface area contributed by atoms with Gasteiger partial charge in [-0.1, -0.05) is 41.9 Å². The molecule has 0 aliphatic heterocycles. The molecule has 5 nitrogen and oxygen atoms in total. The second-order valence-corrected chi connectivity index (χ2v) is 3.13. The maximum Gasteiger partial charge on any atom is 0.210 e. The summed E-state index contributed by atoms with van der Waals surface area (Å²) in [7, 11) is 0. The molecule has 1 N–H and O–H groups in total. The van der Waals surface area contributed by atoms with Crippen LogP contribution in [0.3, 0.4) is 0 Å². The Balaban J connectivity index is 2.40. The van der Waals surface area contributed by atoms with Gasteiger partial charge in [-0.2, -0.15) is 0 Å². The minimum Gasteiger partial charge on any atom is -0.287 e. The van der Waals surface area contributed by atoms with Gasteiger partial charge in [-0.05, 0) is 5.04 Å². The number of rotatable bonds is 7. The molecule has 0 aliphatic rings. The van der Waals surface area contributed by atoms with Crippen molar-refractivity contribution in [3.8, 4) is 0 Å². The fourth-order valence-corrected chi connectivity index (χ4v) is 1.00. The number of benzene rings is 1. The van der Waals surface area contributed by atoms with Crippen molar-refractivity contribution in [2.75, 3.05) is 6.26 Å². The number of hydroxylamine groups is 1. The molecular formula is C10H11NO4S. The molecule has 0 spiro atoms. The Hall–Kier alpha value is -1.34. The van der Waals surface area contributed by atoms with Crippen LogP contribution in [0.4, 0.5) is 0 Å². The number of ketones is 1. The van der Waals surface area contributed by atoms with E-state index in [1.54, 1.807) is 30.5 Å². The second-order valence-electron chi connectivity index (χ2n) is 2.66. The zero-order valence-electron chi connectivity index (χ0n) is 8.64. The highest BCUT2D eigenvalue weighted by atomic mass is 32.2. The van der Waals surface area contributed by atoms with Crippen molar-refractivity contribution in [1.82, 2.24) is 5.48 Å². The molecule has 0 aromatic heterocycles. The number of Topliss-reactive ketones (excluding diaryl/α,β-unsaturated/α-hetero) is 1. The van der Waals surface area contributed by atoms with E-state index in [0.717, 1.165) is 12.0 Å². The third-order valence-electron chi connectivity index (χ3n) is 1.60. The summed E-state index contributed by atoms with van der Waals surface area (Å²) in [6.45, 7) is 3.50. The van der Waals surface area contributed by atoms with Gasteiger partial charge in [0.1, 0.15) is 5.70 Å². The molecule has 0 saturated heterocycles. The van der Waals surface area contributed by atoms with Gasteiger partial charge in [0.05, 0.1) is 0 Å². The van der Waals surface area contributed by atoms with Crippen molar-refractivity contribution in [1.29, 1.82) is 0 Å². The van der Waals surface area contributed by atoms with Crippen LogP contribution in [0.5, 0.6) is 0 Å². The predicted octanol–water partition coefficient (Wildman–Crippen LogP) is 2.05. The third kappa shape index (κ3) is 4.03. The Labute approximate surface area is 97.4 Å². The van der Waals surface area contributed by atoms with Crippen LogP contribution in [0.2, 0.25) is 0 Å². The largest absolute Gasteiger partial charge is 0.287 e. The number of hydrogen-bond donors (Lipinski definition) is 1. The van der Waals surface area contributed by atoms with Gasteiger partial charge in [0, 0.05) is 23.9 Å². The Kier molecular flexibility index (Phi) is 5.58. The van der Waals surface area contributed by atoms with Gasteiger partial charge >= 0.3 is 0 Å². The van der Waals surface area contributed by atoms with Crippen molar-refractivity contribution in [3.05, 3.63) is 48.2 Å². The first-order chi connectivity index (χ1) is 7.75. The highest BCUT2D eigenvalue weighted by molar-refractivity contribution is 7.93. The smallest absolute Gasteiger partial charge is 0.210 e. The molecule has 0 radical (unpaired) electrons. The predicted molar refractivity (Wildman–Crippen MR) is 59.8 cm³/mol. The monoisotopic (exact) mass is 241 g/mol. The highest BCUT2D eigenvalue weighted by Gasteiger charge is 2.09. The van der Waals surface area contributed by atoms with Gasteiger partial charge in [-0.3, -0.25) is 4.79 Å². The lowest BCUT2D eigenvalue weighted by Gasteiger charge is -2.05. The molecule has 0 unspecified atom stereocenters. The maximum absolute atomic E-state index is 11.7. The van der Waals surface area contributed by atoms with E-state index in [2.05, 4.69) is 26.4 Å². The van der Waals surface area contributed by atoms with Crippen LogP contribution in [0, 0.1) is 0 Å². The van der Waals surface area contributed by atoms with Crippen LogP contribution < -0.4 is 5.48 Å². The van der Waals surface area contributed by atoms with E-state index in [1.807, 2.05) is 6.07 Å². The molecule has 16 heavy (non-hydrogen) atoms. The summed E-state index contributed by atoms with van der Waals surface area (Å²) in [5.41, 5.74) is 2.77. The summed E-state index contributed by atoms with van der Waals surface area (Å²) in [6, 6.07) is 8.69. The van der Waals surface area contributed by atoms with Gasteiger partial charge in [0.15, 0.2) is 0 Å². The second kappa shape index (κ2) is 7.02. The maximum atomic E-state index is 11.7. The van der Waals surface area contributed by atoms with Crippen LogP contribution in [0.1, 0.15) is 10.4 Å². The van der Waals surface area contributed by atoms with E-state index in [1.165, 1.54) is 0 Å². The van der Waals surface area contributed by atoms with E-state index < -0.39 is 0 Å².